The lowest BCUT2D eigenvalue weighted by Crippen LogP contribution is -2.12. The molecule has 1 nitrogen and oxygen atoms in total. The minimum absolute atomic E-state index is 1.16. The first-order valence-corrected chi connectivity index (χ1v) is 11.1. The first-order chi connectivity index (χ1) is 15.3. The standard InChI is InChI=1S/C30H27N/c1-23(22-24-10-4-2-5-11-24)25-18-20-28(21-19-25)31(27-14-6-3-7-15-27)30-17-9-13-26-12-8-16-29(26)30/h2-7,9-11,13-15,17-22H,8,12,16H2,1H3. The summed E-state index contributed by atoms with van der Waals surface area (Å²) in [4.78, 5) is 2.41. The molecule has 4 aromatic rings. The molecule has 31 heavy (non-hydrogen) atoms. The Labute approximate surface area is 185 Å². The Morgan fingerprint density at radius 3 is 2.10 bits per heavy atom. The Hall–Kier alpha value is -3.58. The van der Waals surface area contributed by atoms with Crippen molar-refractivity contribution in [2.45, 2.75) is 26.2 Å². The van der Waals surface area contributed by atoms with Gasteiger partial charge in [0.1, 0.15) is 0 Å². The van der Waals surface area contributed by atoms with Gasteiger partial charge in [0.15, 0.2) is 0 Å². The highest BCUT2D eigenvalue weighted by Crippen LogP contribution is 2.40. The number of para-hydroxylation sites is 1. The molecule has 4 aromatic carbocycles. The molecule has 5 rings (SSSR count). The molecular formula is C30H27N. The normalized spacial score (nSPS) is 13.1. The second kappa shape index (κ2) is 8.65. The number of aryl methyl sites for hydroxylation is 1. The van der Waals surface area contributed by atoms with Crippen LogP contribution < -0.4 is 4.90 Å². The summed E-state index contributed by atoms with van der Waals surface area (Å²) in [6, 6.07) is 37.0. The lowest BCUT2D eigenvalue weighted by Gasteiger charge is -2.28. The van der Waals surface area contributed by atoms with E-state index in [4.69, 9.17) is 0 Å². The molecule has 152 valence electrons. The summed E-state index contributed by atoms with van der Waals surface area (Å²) in [6.07, 6.45) is 5.84. The number of fused-ring (bicyclic) bond motifs is 1. The maximum Gasteiger partial charge on any atom is 0.0496 e. The summed E-state index contributed by atoms with van der Waals surface area (Å²) >= 11 is 0. The molecule has 0 radical (unpaired) electrons. The van der Waals surface area contributed by atoms with Crippen molar-refractivity contribution in [2.24, 2.45) is 0 Å². The average Bonchev–Trinajstić information content (AvgIpc) is 3.31. The van der Waals surface area contributed by atoms with Crippen LogP contribution in [0, 0.1) is 0 Å². The van der Waals surface area contributed by atoms with E-state index < -0.39 is 0 Å². The fourth-order valence-electron chi connectivity index (χ4n) is 4.57. The van der Waals surface area contributed by atoms with Crippen LogP contribution in [0.4, 0.5) is 17.1 Å². The van der Waals surface area contributed by atoms with Gasteiger partial charge in [0, 0.05) is 17.1 Å². The summed E-state index contributed by atoms with van der Waals surface area (Å²) < 4.78 is 0. The summed E-state index contributed by atoms with van der Waals surface area (Å²) in [7, 11) is 0. The van der Waals surface area contributed by atoms with Gasteiger partial charge in [0.2, 0.25) is 0 Å². The minimum atomic E-state index is 1.16. The molecule has 1 heteroatoms. The maximum absolute atomic E-state index is 2.41. The van der Waals surface area contributed by atoms with Gasteiger partial charge in [-0.15, -0.1) is 0 Å². The van der Waals surface area contributed by atoms with Crippen LogP contribution in [0.15, 0.2) is 103 Å². The van der Waals surface area contributed by atoms with Crippen molar-refractivity contribution in [1.29, 1.82) is 0 Å². The van der Waals surface area contributed by atoms with E-state index in [1.807, 2.05) is 0 Å². The third-order valence-electron chi connectivity index (χ3n) is 6.14. The van der Waals surface area contributed by atoms with Crippen molar-refractivity contribution in [3.05, 3.63) is 125 Å². The van der Waals surface area contributed by atoms with E-state index in [1.54, 1.807) is 0 Å². The van der Waals surface area contributed by atoms with Crippen LogP contribution >= 0.6 is 0 Å². The number of hydrogen-bond donors (Lipinski definition) is 0. The second-order valence-corrected chi connectivity index (χ2v) is 8.22. The molecule has 0 spiro atoms. The van der Waals surface area contributed by atoms with Gasteiger partial charge < -0.3 is 4.90 Å². The van der Waals surface area contributed by atoms with Crippen LogP contribution in [-0.2, 0) is 12.8 Å². The Morgan fingerprint density at radius 1 is 0.677 bits per heavy atom. The van der Waals surface area contributed by atoms with E-state index in [0.29, 0.717) is 0 Å². The Bertz CT molecular complexity index is 1190. The highest BCUT2D eigenvalue weighted by molar-refractivity contribution is 5.83. The molecule has 0 saturated carbocycles. The van der Waals surface area contributed by atoms with E-state index in [2.05, 4.69) is 121 Å². The molecule has 0 unspecified atom stereocenters. The number of anilines is 3. The number of rotatable bonds is 5. The molecule has 1 aliphatic carbocycles. The zero-order valence-corrected chi connectivity index (χ0v) is 18.0. The predicted molar refractivity (Wildman–Crippen MR) is 133 cm³/mol. The van der Waals surface area contributed by atoms with Crippen LogP contribution in [0.3, 0.4) is 0 Å². The van der Waals surface area contributed by atoms with Gasteiger partial charge in [-0.2, -0.15) is 0 Å². The molecule has 0 fully saturated rings. The lowest BCUT2D eigenvalue weighted by molar-refractivity contribution is 0.911. The minimum Gasteiger partial charge on any atom is -0.310 e. The molecule has 0 bridgehead atoms. The highest BCUT2D eigenvalue weighted by Gasteiger charge is 2.20. The first kappa shape index (κ1) is 19.4. The third kappa shape index (κ3) is 4.04. The predicted octanol–water partition coefficient (Wildman–Crippen LogP) is 8.21. The van der Waals surface area contributed by atoms with Gasteiger partial charge in [-0.3, -0.25) is 0 Å². The Balaban J connectivity index is 1.54. The molecular weight excluding hydrogens is 374 g/mol. The van der Waals surface area contributed by atoms with Crippen LogP contribution in [0.2, 0.25) is 0 Å². The zero-order chi connectivity index (χ0) is 21.0. The van der Waals surface area contributed by atoms with Gasteiger partial charge in [0.25, 0.3) is 0 Å². The number of allylic oxidation sites excluding steroid dienone is 1. The molecule has 0 N–H and O–H groups in total. The van der Waals surface area contributed by atoms with E-state index in [1.165, 1.54) is 57.7 Å². The maximum atomic E-state index is 2.41. The molecule has 0 amide bonds. The number of hydrogen-bond acceptors (Lipinski definition) is 1. The van der Waals surface area contributed by atoms with Crippen LogP contribution in [0.1, 0.15) is 35.6 Å². The molecule has 1 aliphatic rings. The van der Waals surface area contributed by atoms with E-state index in [-0.39, 0.29) is 0 Å². The summed E-state index contributed by atoms with van der Waals surface area (Å²) in [5.41, 5.74) is 10.4. The van der Waals surface area contributed by atoms with Gasteiger partial charge >= 0.3 is 0 Å². The van der Waals surface area contributed by atoms with Gasteiger partial charge in [-0.1, -0.05) is 78.9 Å². The lowest BCUT2D eigenvalue weighted by atomic mass is 10.0. The average molecular weight is 402 g/mol. The van der Waals surface area contributed by atoms with E-state index in [0.717, 1.165) is 6.42 Å². The molecule has 0 aromatic heterocycles. The molecule has 0 saturated heterocycles. The van der Waals surface area contributed by atoms with E-state index in [9.17, 15) is 0 Å². The number of benzene rings is 4. The summed E-state index contributed by atoms with van der Waals surface area (Å²) in [6.45, 7) is 2.18. The van der Waals surface area contributed by atoms with Crippen LogP contribution in [0.25, 0.3) is 11.6 Å². The fourth-order valence-corrected chi connectivity index (χ4v) is 4.57. The third-order valence-corrected chi connectivity index (χ3v) is 6.14. The topological polar surface area (TPSA) is 3.24 Å². The molecule has 0 atom stereocenters. The van der Waals surface area contributed by atoms with Gasteiger partial charge in [-0.25, -0.2) is 0 Å². The van der Waals surface area contributed by atoms with E-state index >= 15 is 0 Å². The second-order valence-electron chi connectivity index (χ2n) is 8.22. The van der Waals surface area contributed by atoms with Gasteiger partial charge in [-0.05, 0) is 84.3 Å². The Morgan fingerprint density at radius 2 is 1.35 bits per heavy atom. The van der Waals surface area contributed by atoms with Crippen LogP contribution in [-0.4, -0.2) is 0 Å². The largest absolute Gasteiger partial charge is 0.310 e. The molecule has 0 aliphatic heterocycles. The first-order valence-electron chi connectivity index (χ1n) is 11.1. The molecule has 0 heterocycles. The van der Waals surface area contributed by atoms with Crippen LogP contribution in [0.5, 0.6) is 0 Å². The van der Waals surface area contributed by atoms with Crippen molar-refractivity contribution in [3.63, 3.8) is 0 Å². The summed E-state index contributed by atoms with van der Waals surface area (Å²) in [5.74, 6) is 0. The van der Waals surface area contributed by atoms with Crippen molar-refractivity contribution in [2.75, 3.05) is 4.90 Å². The van der Waals surface area contributed by atoms with Crippen molar-refractivity contribution < 1.29 is 0 Å². The SMILES string of the molecule is CC(=Cc1ccccc1)c1ccc(N(c2ccccc2)c2cccc3c2CCC3)cc1. The monoisotopic (exact) mass is 401 g/mol. The van der Waals surface area contributed by atoms with Crippen molar-refractivity contribution in [3.8, 4) is 0 Å². The summed E-state index contributed by atoms with van der Waals surface area (Å²) in [5, 5.41) is 0. The number of nitrogens with zero attached hydrogens (tertiary/aromatic N) is 1. The zero-order valence-electron chi connectivity index (χ0n) is 18.0. The Kier molecular flexibility index (Phi) is 5.41. The fraction of sp³-hybridized carbons (Fsp3) is 0.133. The highest BCUT2D eigenvalue weighted by atomic mass is 15.1. The smallest absolute Gasteiger partial charge is 0.0496 e. The van der Waals surface area contributed by atoms with Crippen molar-refractivity contribution in [1.82, 2.24) is 0 Å². The quantitative estimate of drug-likeness (QED) is 0.305. The van der Waals surface area contributed by atoms with Crippen molar-refractivity contribution >= 4 is 28.7 Å². The van der Waals surface area contributed by atoms with Gasteiger partial charge in [0.05, 0.1) is 0 Å².